The maximum absolute atomic E-state index is 11.5. The molecule has 2 N–H and O–H groups in total. The van der Waals surface area contributed by atoms with Gasteiger partial charge in [0.25, 0.3) is 5.56 Å². The summed E-state index contributed by atoms with van der Waals surface area (Å²) in [5.74, 6) is 0.452. The standard InChI is InChI=1S/C12H18N6O/c1-10-5-6-11(19)18(17-10)8-4-3-7-15-12(14-2)16-9-13/h5-6H,3-4,7-8H2,1-2H3,(H2,14,15,16). The van der Waals surface area contributed by atoms with Crippen LogP contribution in [0.1, 0.15) is 18.5 Å². The Balaban J connectivity index is 2.30. The maximum atomic E-state index is 11.5. The van der Waals surface area contributed by atoms with E-state index in [4.69, 9.17) is 5.26 Å². The zero-order chi connectivity index (χ0) is 14.1. The van der Waals surface area contributed by atoms with E-state index in [9.17, 15) is 4.79 Å². The van der Waals surface area contributed by atoms with Crippen molar-refractivity contribution in [1.29, 1.82) is 5.26 Å². The summed E-state index contributed by atoms with van der Waals surface area (Å²) in [6.45, 7) is 3.13. The van der Waals surface area contributed by atoms with Crippen molar-refractivity contribution in [3.8, 4) is 6.19 Å². The number of aryl methyl sites for hydroxylation is 2. The van der Waals surface area contributed by atoms with Crippen LogP contribution in [-0.4, -0.2) is 29.3 Å². The van der Waals surface area contributed by atoms with Gasteiger partial charge >= 0.3 is 0 Å². The molecule has 0 fully saturated rings. The quantitative estimate of drug-likeness (QED) is 0.256. The van der Waals surface area contributed by atoms with Crippen molar-refractivity contribution in [2.24, 2.45) is 4.99 Å². The van der Waals surface area contributed by atoms with Gasteiger partial charge in [0.05, 0.1) is 5.69 Å². The van der Waals surface area contributed by atoms with E-state index in [1.807, 2.05) is 6.92 Å². The predicted octanol–water partition coefficient (Wildman–Crippen LogP) is -0.0220. The van der Waals surface area contributed by atoms with Gasteiger partial charge in [-0.3, -0.25) is 15.1 Å². The van der Waals surface area contributed by atoms with E-state index in [-0.39, 0.29) is 5.56 Å². The van der Waals surface area contributed by atoms with Crippen LogP contribution >= 0.6 is 0 Å². The normalized spacial score (nSPS) is 10.9. The number of nitrogens with zero attached hydrogens (tertiary/aromatic N) is 4. The van der Waals surface area contributed by atoms with E-state index in [1.165, 1.54) is 10.7 Å². The minimum absolute atomic E-state index is 0.0829. The lowest BCUT2D eigenvalue weighted by molar-refractivity contribution is 0.524. The van der Waals surface area contributed by atoms with Crippen molar-refractivity contribution in [3.05, 3.63) is 28.2 Å². The molecule has 7 heteroatoms. The Morgan fingerprint density at radius 1 is 1.53 bits per heavy atom. The fourth-order valence-corrected chi connectivity index (χ4v) is 1.54. The summed E-state index contributed by atoms with van der Waals surface area (Å²) in [5, 5.41) is 18.0. The minimum Gasteiger partial charge on any atom is -0.356 e. The summed E-state index contributed by atoms with van der Waals surface area (Å²) in [7, 11) is 1.60. The van der Waals surface area contributed by atoms with Crippen LogP contribution in [0.3, 0.4) is 0 Å². The lowest BCUT2D eigenvalue weighted by Gasteiger charge is -2.07. The molecule has 1 rings (SSSR count). The van der Waals surface area contributed by atoms with Gasteiger partial charge in [0, 0.05) is 26.2 Å². The molecular formula is C12H18N6O. The van der Waals surface area contributed by atoms with E-state index in [2.05, 4.69) is 20.7 Å². The van der Waals surface area contributed by atoms with Crippen molar-refractivity contribution in [3.63, 3.8) is 0 Å². The molecule has 1 heterocycles. The molecule has 0 spiro atoms. The van der Waals surface area contributed by atoms with Gasteiger partial charge in [0.1, 0.15) is 0 Å². The van der Waals surface area contributed by atoms with Gasteiger partial charge in [-0.05, 0) is 25.8 Å². The molecule has 7 nitrogen and oxygen atoms in total. The fourth-order valence-electron chi connectivity index (χ4n) is 1.54. The van der Waals surface area contributed by atoms with E-state index in [0.29, 0.717) is 19.0 Å². The highest BCUT2D eigenvalue weighted by Crippen LogP contribution is 1.92. The number of hydrogen-bond donors (Lipinski definition) is 2. The summed E-state index contributed by atoms with van der Waals surface area (Å²) in [6, 6.07) is 3.23. The number of rotatable bonds is 5. The highest BCUT2D eigenvalue weighted by molar-refractivity contribution is 5.80. The summed E-state index contributed by atoms with van der Waals surface area (Å²) in [6.07, 6.45) is 3.48. The van der Waals surface area contributed by atoms with Gasteiger partial charge in [-0.1, -0.05) is 0 Å². The zero-order valence-corrected chi connectivity index (χ0v) is 11.2. The number of aliphatic imine (C=N–C) groups is 1. The topological polar surface area (TPSA) is 95.1 Å². The van der Waals surface area contributed by atoms with E-state index in [0.717, 1.165) is 18.5 Å². The van der Waals surface area contributed by atoms with Gasteiger partial charge in [-0.2, -0.15) is 10.4 Å². The number of unbranched alkanes of at least 4 members (excludes halogenated alkanes) is 1. The molecule has 19 heavy (non-hydrogen) atoms. The number of guanidine groups is 1. The molecule has 0 radical (unpaired) electrons. The summed E-state index contributed by atoms with van der Waals surface area (Å²) in [5.41, 5.74) is 0.747. The van der Waals surface area contributed by atoms with Crippen LogP contribution in [0.25, 0.3) is 0 Å². The Kier molecular flexibility index (Phi) is 6.09. The monoisotopic (exact) mass is 262 g/mol. The predicted molar refractivity (Wildman–Crippen MR) is 72.6 cm³/mol. The van der Waals surface area contributed by atoms with Crippen LogP contribution in [-0.2, 0) is 6.54 Å². The van der Waals surface area contributed by atoms with Crippen molar-refractivity contribution in [2.45, 2.75) is 26.3 Å². The van der Waals surface area contributed by atoms with Crippen LogP contribution in [0.5, 0.6) is 0 Å². The maximum Gasteiger partial charge on any atom is 0.266 e. The van der Waals surface area contributed by atoms with E-state index >= 15 is 0 Å². The SMILES string of the molecule is CN=C(NC#N)NCCCCn1nc(C)ccc1=O. The Morgan fingerprint density at radius 2 is 2.32 bits per heavy atom. The van der Waals surface area contributed by atoms with Crippen molar-refractivity contribution in [2.75, 3.05) is 13.6 Å². The van der Waals surface area contributed by atoms with Gasteiger partial charge in [0.15, 0.2) is 6.19 Å². The van der Waals surface area contributed by atoms with E-state index in [1.54, 1.807) is 19.3 Å². The number of aromatic nitrogens is 2. The molecular weight excluding hydrogens is 244 g/mol. The van der Waals surface area contributed by atoms with Crippen molar-refractivity contribution < 1.29 is 0 Å². The smallest absolute Gasteiger partial charge is 0.266 e. The molecule has 0 unspecified atom stereocenters. The second-order valence-electron chi connectivity index (χ2n) is 3.98. The first-order chi connectivity index (χ1) is 9.17. The molecule has 1 aromatic heterocycles. The molecule has 0 aliphatic heterocycles. The molecule has 0 aromatic carbocycles. The van der Waals surface area contributed by atoms with Crippen molar-refractivity contribution >= 4 is 5.96 Å². The molecule has 102 valence electrons. The van der Waals surface area contributed by atoms with Gasteiger partial charge in [-0.15, -0.1) is 0 Å². The first-order valence-corrected chi connectivity index (χ1v) is 6.08. The highest BCUT2D eigenvalue weighted by Gasteiger charge is 1.98. The fraction of sp³-hybridized carbons (Fsp3) is 0.500. The van der Waals surface area contributed by atoms with Crippen LogP contribution in [0, 0.1) is 18.4 Å². The number of nitriles is 1. The Labute approximate surface area is 112 Å². The Hall–Kier alpha value is -2.36. The molecule has 0 atom stereocenters. The third kappa shape index (κ3) is 5.21. The van der Waals surface area contributed by atoms with Crippen LogP contribution < -0.4 is 16.2 Å². The number of nitrogens with one attached hydrogen (secondary N) is 2. The Bertz CT molecular complexity index is 528. The lowest BCUT2D eigenvalue weighted by Crippen LogP contribution is -2.35. The lowest BCUT2D eigenvalue weighted by atomic mass is 10.3. The first kappa shape index (κ1) is 14.7. The molecule has 0 aliphatic carbocycles. The van der Waals surface area contributed by atoms with E-state index < -0.39 is 0 Å². The molecule has 0 bridgehead atoms. The summed E-state index contributed by atoms with van der Waals surface area (Å²) in [4.78, 5) is 15.4. The molecule has 0 amide bonds. The third-order valence-corrected chi connectivity index (χ3v) is 2.49. The zero-order valence-electron chi connectivity index (χ0n) is 11.2. The van der Waals surface area contributed by atoms with Crippen LogP contribution in [0.4, 0.5) is 0 Å². The highest BCUT2D eigenvalue weighted by atomic mass is 16.1. The van der Waals surface area contributed by atoms with Crippen LogP contribution in [0.2, 0.25) is 0 Å². The molecule has 0 aliphatic rings. The van der Waals surface area contributed by atoms with Gasteiger partial charge in [0.2, 0.25) is 5.96 Å². The average molecular weight is 262 g/mol. The largest absolute Gasteiger partial charge is 0.356 e. The second kappa shape index (κ2) is 7.87. The van der Waals surface area contributed by atoms with Gasteiger partial charge in [-0.25, -0.2) is 4.68 Å². The van der Waals surface area contributed by atoms with Crippen molar-refractivity contribution in [1.82, 2.24) is 20.4 Å². The average Bonchev–Trinajstić information content (AvgIpc) is 2.41. The first-order valence-electron chi connectivity index (χ1n) is 6.08. The third-order valence-electron chi connectivity index (χ3n) is 2.49. The Morgan fingerprint density at radius 3 is 3.00 bits per heavy atom. The molecule has 0 saturated carbocycles. The minimum atomic E-state index is -0.0829. The van der Waals surface area contributed by atoms with Crippen LogP contribution in [0.15, 0.2) is 21.9 Å². The summed E-state index contributed by atoms with van der Waals surface area (Å²) >= 11 is 0. The van der Waals surface area contributed by atoms with Gasteiger partial charge < -0.3 is 5.32 Å². The number of hydrogen-bond acceptors (Lipinski definition) is 4. The molecule has 1 aromatic rings. The summed E-state index contributed by atoms with van der Waals surface area (Å²) < 4.78 is 1.47. The second-order valence-corrected chi connectivity index (χ2v) is 3.98. The molecule has 0 saturated heterocycles.